The molecule has 2 heterocycles. The third-order valence-electron chi connectivity index (χ3n) is 4.21. The number of hydrogen-bond acceptors (Lipinski definition) is 3. The standard InChI is InChI=1S/C18H24N2O2/c1-5-20-11-15(8-18(21)22-12(2)3)16-6-13-9-19(4)10-14(13)7-17(16)20/h6-7,11-12H,5,8-10H2,1-4H3. The topological polar surface area (TPSA) is 34.5 Å². The summed E-state index contributed by atoms with van der Waals surface area (Å²) in [6.07, 6.45) is 2.38. The van der Waals surface area contributed by atoms with Crippen LogP contribution >= 0.6 is 0 Å². The van der Waals surface area contributed by atoms with Gasteiger partial charge >= 0.3 is 5.97 Å². The maximum atomic E-state index is 12.0. The highest BCUT2D eigenvalue weighted by molar-refractivity contribution is 5.89. The van der Waals surface area contributed by atoms with Crippen LogP contribution in [0.1, 0.15) is 37.5 Å². The zero-order chi connectivity index (χ0) is 15.9. The summed E-state index contributed by atoms with van der Waals surface area (Å²) in [7, 11) is 2.14. The Kier molecular flexibility index (Phi) is 3.96. The van der Waals surface area contributed by atoms with E-state index in [2.05, 4.69) is 41.8 Å². The lowest BCUT2D eigenvalue weighted by molar-refractivity contribution is -0.146. The monoisotopic (exact) mass is 300 g/mol. The molecule has 0 amide bonds. The van der Waals surface area contributed by atoms with Crippen molar-refractivity contribution in [2.75, 3.05) is 7.05 Å². The second kappa shape index (κ2) is 5.76. The van der Waals surface area contributed by atoms with Gasteiger partial charge in [0.1, 0.15) is 0 Å². The molecule has 0 fully saturated rings. The van der Waals surface area contributed by atoms with Crippen molar-refractivity contribution in [3.63, 3.8) is 0 Å². The van der Waals surface area contributed by atoms with Gasteiger partial charge in [-0.1, -0.05) is 0 Å². The van der Waals surface area contributed by atoms with E-state index in [9.17, 15) is 4.79 Å². The molecule has 0 saturated heterocycles. The molecule has 22 heavy (non-hydrogen) atoms. The highest BCUT2D eigenvalue weighted by Gasteiger charge is 2.20. The van der Waals surface area contributed by atoms with Gasteiger partial charge in [-0.3, -0.25) is 9.69 Å². The third kappa shape index (κ3) is 2.75. The number of aryl methyl sites for hydroxylation is 1. The summed E-state index contributed by atoms with van der Waals surface area (Å²) in [5, 5.41) is 1.19. The number of nitrogens with zero attached hydrogens (tertiary/aromatic N) is 2. The van der Waals surface area contributed by atoms with Gasteiger partial charge in [-0.05, 0) is 56.6 Å². The molecule has 4 heteroatoms. The van der Waals surface area contributed by atoms with Gasteiger partial charge in [-0.25, -0.2) is 0 Å². The zero-order valence-corrected chi connectivity index (χ0v) is 13.8. The quantitative estimate of drug-likeness (QED) is 0.814. The van der Waals surface area contributed by atoms with Crippen molar-refractivity contribution in [3.8, 4) is 0 Å². The highest BCUT2D eigenvalue weighted by Crippen LogP contribution is 2.30. The molecular formula is C18H24N2O2. The average Bonchev–Trinajstić information content (AvgIpc) is 2.94. The van der Waals surface area contributed by atoms with E-state index in [-0.39, 0.29) is 12.1 Å². The van der Waals surface area contributed by atoms with E-state index >= 15 is 0 Å². The Hall–Kier alpha value is -1.81. The molecule has 2 aromatic rings. The first kappa shape index (κ1) is 15.1. The van der Waals surface area contributed by atoms with E-state index in [0.29, 0.717) is 6.42 Å². The molecule has 0 aliphatic carbocycles. The van der Waals surface area contributed by atoms with Crippen molar-refractivity contribution in [2.45, 2.75) is 52.9 Å². The van der Waals surface area contributed by atoms with Crippen molar-refractivity contribution < 1.29 is 9.53 Å². The Morgan fingerprint density at radius 3 is 2.59 bits per heavy atom. The number of carbonyl (C=O) groups excluding carboxylic acids is 1. The first-order valence-corrected chi connectivity index (χ1v) is 7.99. The van der Waals surface area contributed by atoms with Crippen LogP contribution in [0.15, 0.2) is 18.3 Å². The van der Waals surface area contributed by atoms with Crippen LogP contribution in [0.3, 0.4) is 0 Å². The fourth-order valence-electron chi connectivity index (χ4n) is 3.29. The molecule has 4 nitrogen and oxygen atoms in total. The van der Waals surface area contributed by atoms with E-state index in [1.165, 1.54) is 22.0 Å². The van der Waals surface area contributed by atoms with Crippen molar-refractivity contribution in [3.05, 3.63) is 35.0 Å². The minimum atomic E-state index is -0.150. The Bertz CT molecular complexity index is 715. The van der Waals surface area contributed by atoms with Gasteiger partial charge in [0.2, 0.25) is 0 Å². The van der Waals surface area contributed by atoms with Crippen LogP contribution in [0.4, 0.5) is 0 Å². The van der Waals surface area contributed by atoms with Gasteiger partial charge in [0.25, 0.3) is 0 Å². The van der Waals surface area contributed by atoms with Crippen LogP contribution in [0.2, 0.25) is 0 Å². The summed E-state index contributed by atoms with van der Waals surface area (Å²) in [5.74, 6) is -0.150. The lowest BCUT2D eigenvalue weighted by Gasteiger charge is -2.07. The highest BCUT2D eigenvalue weighted by atomic mass is 16.5. The number of esters is 1. The molecule has 0 radical (unpaired) electrons. The van der Waals surface area contributed by atoms with Crippen LogP contribution in [0.5, 0.6) is 0 Å². The van der Waals surface area contributed by atoms with Gasteiger partial charge in [0.05, 0.1) is 12.5 Å². The Morgan fingerprint density at radius 2 is 1.95 bits per heavy atom. The Labute approximate surface area is 131 Å². The minimum absolute atomic E-state index is 0.0649. The first-order valence-electron chi connectivity index (χ1n) is 7.99. The summed E-state index contributed by atoms with van der Waals surface area (Å²) >= 11 is 0. The second-order valence-corrected chi connectivity index (χ2v) is 6.47. The predicted molar refractivity (Wildman–Crippen MR) is 87.7 cm³/mol. The van der Waals surface area contributed by atoms with E-state index in [4.69, 9.17) is 4.74 Å². The summed E-state index contributed by atoms with van der Waals surface area (Å²) < 4.78 is 7.53. The molecule has 0 atom stereocenters. The van der Waals surface area contributed by atoms with E-state index in [0.717, 1.165) is 25.2 Å². The number of fused-ring (bicyclic) bond motifs is 2. The zero-order valence-electron chi connectivity index (χ0n) is 13.8. The summed E-state index contributed by atoms with van der Waals surface area (Å²) in [6, 6.07) is 4.55. The summed E-state index contributed by atoms with van der Waals surface area (Å²) in [5.41, 5.74) is 5.07. The molecule has 1 aliphatic heterocycles. The molecule has 3 rings (SSSR count). The Morgan fingerprint density at radius 1 is 1.27 bits per heavy atom. The molecule has 0 saturated carbocycles. The van der Waals surface area contributed by atoms with Crippen LogP contribution < -0.4 is 0 Å². The smallest absolute Gasteiger partial charge is 0.310 e. The molecule has 1 aliphatic rings. The first-order chi connectivity index (χ1) is 10.5. The second-order valence-electron chi connectivity index (χ2n) is 6.47. The molecule has 0 bridgehead atoms. The van der Waals surface area contributed by atoms with Gasteiger partial charge in [-0.15, -0.1) is 0 Å². The van der Waals surface area contributed by atoms with E-state index in [1.54, 1.807) is 0 Å². The van der Waals surface area contributed by atoms with Crippen LogP contribution in [-0.4, -0.2) is 28.6 Å². The van der Waals surface area contributed by atoms with Crippen molar-refractivity contribution in [1.82, 2.24) is 9.47 Å². The van der Waals surface area contributed by atoms with Crippen LogP contribution in [0, 0.1) is 0 Å². The van der Waals surface area contributed by atoms with Gasteiger partial charge < -0.3 is 9.30 Å². The third-order valence-corrected chi connectivity index (χ3v) is 4.21. The van der Waals surface area contributed by atoms with Gasteiger partial charge in [0.15, 0.2) is 0 Å². The molecule has 0 spiro atoms. The molecule has 1 aromatic heterocycles. The van der Waals surface area contributed by atoms with Crippen molar-refractivity contribution in [2.24, 2.45) is 0 Å². The fourth-order valence-corrected chi connectivity index (χ4v) is 3.29. The lowest BCUT2D eigenvalue weighted by Crippen LogP contribution is -2.13. The van der Waals surface area contributed by atoms with E-state index in [1.807, 2.05) is 13.8 Å². The van der Waals surface area contributed by atoms with Crippen LogP contribution in [-0.2, 0) is 35.6 Å². The average molecular weight is 300 g/mol. The van der Waals surface area contributed by atoms with Gasteiger partial charge in [-0.2, -0.15) is 0 Å². The molecule has 118 valence electrons. The summed E-state index contributed by atoms with van der Waals surface area (Å²) in [4.78, 5) is 14.3. The molecule has 0 N–H and O–H groups in total. The van der Waals surface area contributed by atoms with Crippen LogP contribution in [0.25, 0.3) is 10.9 Å². The predicted octanol–water partition coefficient (Wildman–Crippen LogP) is 3.10. The molecular weight excluding hydrogens is 276 g/mol. The number of benzene rings is 1. The largest absolute Gasteiger partial charge is 0.463 e. The van der Waals surface area contributed by atoms with Crippen molar-refractivity contribution >= 4 is 16.9 Å². The molecule has 1 aromatic carbocycles. The Balaban J connectivity index is 2.00. The van der Waals surface area contributed by atoms with E-state index < -0.39 is 0 Å². The summed E-state index contributed by atoms with van der Waals surface area (Å²) in [6.45, 7) is 8.80. The molecule has 0 unspecified atom stereocenters. The fraction of sp³-hybridized carbons (Fsp3) is 0.500. The maximum absolute atomic E-state index is 12.0. The number of aromatic nitrogens is 1. The lowest BCUT2D eigenvalue weighted by atomic mass is 10.0. The van der Waals surface area contributed by atoms with Gasteiger partial charge in [0, 0.05) is 36.7 Å². The number of rotatable bonds is 4. The number of ether oxygens (including phenoxy) is 1. The van der Waals surface area contributed by atoms with Crippen molar-refractivity contribution in [1.29, 1.82) is 0 Å². The number of hydrogen-bond donors (Lipinski definition) is 0. The minimum Gasteiger partial charge on any atom is -0.463 e. The number of carbonyl (C=O) groups is 1. The SMILES string of the molecule is CCn1cc(CC(=O)OC(C)C)c2cc3c(cc21)CN(C)C3. The normalized spacial score (nSPS) is 14.8. The maximum Gasteiger partial charge on any atom is 0.310 e.